The number of hydrogen-bond donors (Lipinski definition) is 4. The second-order valence-electron chi connectivity index (χ2n) is 2.22. The van der Waals surface area contributed by atoms with Crippen molar-refractivity contribution < 1.29 is 27.0 Å². The average molecular weight is 251 g/mol. The molecule has 13 heavy (non-hydrogen) atoms. The van der Waals surface area contributed by atoms with Crippen LogP contribution in [0, 0.1) is 0 Å². The number of nitrogens with two attached hydrogens (primary N) is 2. The second kappa shape index (κ2) is 3.91. The molecule has 6 nitrogen and oxygen atoms in total. The number of rotatable bonds is 1. The average Bonchev–Trinajstić information content (AvgIpc) is 1.82. The zero-order valence-electron chi connectivity index (χ0n) is 6.24. The van der Waals surface area contributed by atoms with Gasteiger partial charge >= 0.3 is 17.1 Å². The summed E-state index contributed by atoms with van der Waals surface area (Å²) in [6.07, 6.45) is 1.29. The van der Waals surface area contributed by atoms with E-state index in [9.17, 15) is 9.90 Å². The van der Waals surface area contributed by atoms with Gasteiger partial charge in [0.2, 0.25) is 4.99 Å². The van der Waals surface area contributed by atoms with E-state index in [1.165, 1.54) is 6.08 Å². The zero-order chi connectivity index (χ0) is 9.35. The van der Waals surface area contributed by atoms with Crippen molar-refractivity contribution in [1.82, 2.24) is 5.32 Å². The largest absolute Gasteiger partial charge is 1.00 e. The van der Waals surface area contributed by atoms with Gasteiger partial charge in [-0.1, -0.05) is 0 Å². The predicted octanol–water partition coefficient (Wildman–Crippen LogP) is -2.92. The van der Waals surface area contributed by atoms with Crippen molar-refractivity contribution in [3.05, 3.63) is 11.9 Å². The number of thiol groups is 1. The number of nitrogens with one attached hydrogen (secondary N) is 1. The Labute approximate surface area is 90.3 Å². The SMILES string of the molecule is NC1=CC(N)=NC(S)(C(=O)[O-])N1.[Cu+]. The number of carboxylic acids is 1. The normalized spacial score (nSPS) is 26.2. The number of amidine groups is 1. The van der Waals surface area contributed by atoms with Crippen LogP contribution >= 0.6 is 12.6 Å². The van der Waals surface area contributed by atoms with Gasteiger partial charge in [-0.15, -0.1) is 12.6 Å². The fourth-order valence-electron chi connectivity index (χ4n) is 0.740. The van der Waals surface area contributed by atoms with Crippen LogP contribution in [0.15, 0.2) is 16.9 Å². The fourth-order valence-corrected chi connectivity index (χ4v) is 0.985. The molecular formula is C5H7CuN4O2S. The van der Waals surface area contributed by atoms with Crippen LogP contribution in [0.5, 0.6) is 0 Å². The third-order valence-electron chi connectivity index (χ3n) is 1.20. The number of aliphatic carboxylic acids is 1. The van der Waals surface area contributed by atoms with Crippen molar-refractivity contribution in [2.24, 2.45) is 16.5 Å². The van der Waals surface area contributed by atoms with Crippen molar-refractivity contribution in [2.75, 3.05) is 0 Å². The Bertz CT molecular complexity index is 292. The smallest absolute Gasteiger partial charge is 0.544 e. The molecule has 1 unspecified atom stereocenters. The Balaban J connectivity index is 0.00000144. The molecule has 0 aromatic rings. The maximum atomic E-state index is 10.5. The van der Waals surface area contributed by atoms with Crippen LogP contribution < -0.4 is 21.9 Å². The molecule has 0 saturated heterocycles. The maximum Gasteiger partial charge on any atom is 1.00 e. The Morgan fingerprint density at radius 2 is 2.23 bits per heavy atom. The molecule has 1 heterocycles. The first-order chi connectivity index (χ1) is 5.44. The third-order valence-corrected chi connectivity index (χ3v) is 1.59. The Morgan fingerprint density at radius 3 is 2.62 bits per heavy atom. The van der Waals surface area contributed by atoms with Crippen LogP contribution in [-0.4, -0.2) is 16.8 Å². The van der Waals surface area contributed by atoms with Crippen molar-refractivity contribution >= 4 is 24.4 Å². The van der Waals surface area contributed by atoms with Gasteiger partial charge in [0.25, 0.3) is 0 Å². The van der Waals surface area contributed by atoms with E-state index in [1.807, 2.05) is 0 Å². The molecule has 1 atom stereocenters. The monoisotopic (exact) mass is 250 g/mol. The summed E-state index contributed by atoms with van der Waals surface area (Å²) in [6, 6.07) is 0. The second-order valence-corrected chi connectivity index (χ2v) is 2.87. The summed E-state index contributed by atoms with van der Waals surface area (Å²) in [6.45, 7) is 0. The molecule has 1 aliphatic heterocycles. The van der Waals surface area contributed by atoms with Crippen molar-refractivity contribution in [3.8, 4) is 0 Å². The number of hydrogen-bond acceptors (Lipinski definition) is 7. The van der Waals surface area contributed by atoms with Crippen LogP contribution in [0.3, 0.4) is 0 Å². The van der Waals surface area contributed by atoms with E-state index in [2.05, 4.69) is 22.9 Å². The number of nitrogens with zero attached hydrogens (tertiary/aromatic N) is 1. The molecular weight excluding hydrogens is 244 g/mol. The molecule has 0 aliphatic carbocycles. The molecule has 0 bridgehead atoms. The van der Waals surface area contributed by atoms with E-state index in [1.54, 1.807) is 0 Å². The van der Waals surface area contributed by atoms with Crippen LogP contribution in [0.2, 0.25) is 0 Å². The minimum Gasteiger partial charge on any atom is -0.544 e. The Hall–Kier alpha value is -0.851. The van der Waals surface area contributed by atoms with E-state index in [0.717, 1.165) is 0 Å². The van der Waals surface area contributed by atoms with E-state index in [-0.39, 0.29) is 28.7 Å². The molecule has 1 aliphatic rings. The van der Waals surface area contributed by atoms with Crippen LogP contribution in [0.25, 0.3) is 0 Å². The van der Waals surface area contributed by atoms with Gasteiger partial charge in [-0.3, -0.25) is 0 Å². The van der Waals surface area contributed by atoms with E-state index >= 15 is 0 Å². The van der Waals surface area contributed by atoms with E-state index in [0.29, 0.717) is 0 Å². The van der Waals surface area contributed by atoms with Gasteiger partial charge in [-0.25, -0.2) is 4.99 Å². The first-order valence-electron chi connectivity index (χ1n) is 2.98. The van der Waals surface area contributed by atoms with Gasteiger partial charge in [0.1, 0.15) is 11.7 Å². The molecule has 0 aromatic heterocycles. The quantitative estimate of drug-likeness (QED) is 0.294. The van der Waals surface area contributed by atoms with Crippen LogP contribution in [0.4, 0.5) is 0 Å². The molecule has 5 N–H and O–H groups in total. The van der Waals surface area contributed by atoms with Crippen LogP contribution in [0.1, 0.15) is 0 Å². The first-order valence-corrected chi connectivity index (χ1v) is 3.43. The van der Waals surface area contributed by atoms with Crippen molar-refractivity contribution in [2.45, 2.75) is 4.99 Å². The number of carboxylic acid groups (broad SMARTS) is 1. The Morgan fingerprint density at radius 1 is 1.69 bits per heavy atom. The van der Waals surface area contributed by atoms with Crippen LogP contribution in [-0.2, 0) is 21.9 Å². The molecule has 8 heteroatoms. The van der Waals surface area contributed by atoms with E-state index in [4.69, 9.17) is 11.5 Å². The molecule has 0 radical (unpaired) electrons. The van der Waals surface area contributed by atoms with Crippen molar-refractivity contribution in [3.63, 3.8) is 0 Å². The minimum absolute atomic E-state index is 0. The third kappa shape index (κ3) is 2.55. The molecule has 0 fully saturated rings. The van der Waals surface area contributed by atoms with Gasteiger partial charge < -0.3 is 26.7 Å². The molecule has 0 aromatic carbocycles. The number of aliphatic imine (C=N–C) groups is 1. The van der Waals surface area contributed by atoms with Gasteiger partial charge in [0.05, 0.1) is 5.97 Å². The summed E-state index contributed by atoms with van der Waals surface area (Å²) in [5.41, 5.74) is 10.5. The number of carbonyl (C=O) groups is 1. The van der Waals surface area contributed by atoms with Crippen molar-refractivity contribution in [1.29, 1.82) is 0 Å². The number of carbonyl (C=O) groups excluding carboxylic acids is 1. The Kier molecular flexibility index (Phi) is 3.65. The summed E-state index contributed by atoms with van der Waals surface area (Å²) >= 11 is 3.70. The predicted molar refractivity (Wildman–Crippen MR) is 43.8 cm³/mol. The first kappa shape index (κ1) is 12.1. The molecule has 1 rings (SSSR count). The summed E-state index contributed by atoms with van der Waals surface area (Å²) in [5.74, 6) is -1.43. The summed E-state index contributed by atoms with van der Waals surface area (Å²) in [4.78, 5) is 12.1. The van der Waals surface area contributed by atoms with Gasteiger partial charge in [-0.05, 0) is 0 Å². The van der Waals surface area contributed by atoms with Gasteiger partial charge in [0, 0.05) is 6.08 Å². The fraction of sp³-hybridized carbons (Fsp3) is 0.200. The maximum absolute atomic E-state index is 10.5. The summed E-state index contributed by atoms with van der Waals surface area (Å²) in [7, 11) is 0. The van der Waals surface area contributed by atoms with Gasteiger partial charge in [0.15, 0.2) is 0 Å². The molecule has 0 spiro atoms. The summed E-state index contributed by atoms with van der Waals surface area (Å²) in [5, 5.41) is 12.8. The van der Waals surface area contributed by atoms with Gasteiger partial charge in [-0.2, -0.15) is 0 Å². The molecule has 76 valence electrons. The molecule has 0 saturated carbocycles. The standard InChI is InChI=1S/C5H8N4O2S.Cu/c6-2-1-3(7)9-5(12,8-2)4(10)11;/h1,8,12H,6H2,(H2,7,9)(H,10,11);/q;+1/p-1. The summed E-state index contributed by atoms with van der Waals surface area (Å²) < 4.78 is 0. The molecule has 0 amide bonds. The zero-order valence-corrected chi connectivity index (χ0v) is 8.08. The minimum atomic E-state index is -1.86. The topological polar surface area (TPSA) is 117 Å². The van der Waals surface area contributed by atoms with E-state index < -0.39 is 11.0 Å².